The van der Waals surface area contributed by atoms with Crippen LogP contribution < -0.4 is 0 Å². The van der Waals surface area contributed by atoms with Gasteiger partial charge in [0, 0.05) is 6.42 Å². The molecule has 23 heavy (non-hydrogen) atoms. The van der Waals surface area contributed by atoms with Gasteiger partial charge in [0.2, 0.25) is 0 Å². The Morgan fingerprint density at radius 2 is 1.35 bits per heavy atom. The van der Waals surface area contributed by atoms with E-state index in [0.717, 1.165) is 25.7 Å². The Morgan fingerprint density at radius 1 is 0.739 bits per heavy atom. The number of unbranched alkanes of at least 4 members (excludes halogenated alkanes) is 7. The van der Waals surface area contributed by atoms with Crippen LogP contribution in [0.3, 0.4) is 0 Å². The van der Waals surface area contributed by atoms with E-state index in [1.54, 1.807) is 0 Å². The molecular weight excluding hydrogens is 284 g/mol. The van der Waals surface area contributed by atoms with Crippen molar-refractivity contribution >= 4 is 5.97 Å². The molecule has 0 heterocycles. The van der Waals surface area contributed by atoms with E-state index < -0.39 is 0 Å². The van der Waals surface area contributed by atoms with Crippen molar-refractivity contribution in [2.45, 2.75) is 84.5 Å². The molecule has 0 fully saturated rings. The standard InChI is InChI=1S/C21H36O2/c1-3-5-6-7-8-9-10-11-12-13-14-15-16-17-18-19-21(22)23-20-4-2/h7-12H,3-6,13-20H2,1-2H3/b8-7+,10-9+,12-11-. The minimum Gasteiger partial charge on any atom is -0.466 e. The lowest BCUT2D eigenvalue weighted by atomic mass is 10.1. The number of hydrogen-bond donors (Lipinski definition) is 0. The predicted molar refractivity (Wildman–Crippen MR) is 101 cm³/mol. The van der Waals surface area contributed by atoms with Gasteiger partial charge in [-0.3, -0.25) is 4.79 Å². The molecule has 0 aromatic rings. The van der Waals surface area contributed by atoms with Crippen molar-refractivity contribution < 1.29 is 9.53 Å². The van der Waals surface area contributed by atoms with E-state index in [1.807, 2.05) is 6.92 Å². The molecular formula is C21H36O2. The molecule has 0 spiro atoms. The van der Waals surface area contributed by atoms with Crippen molar-refractivity contribution in [1.82, 2.24) is 0 Å². The van der Waals surface area contributed by atoms with Crippen molar-refractivity contribution in [2.75, 3.05) is 6.61 Å². The molecule has 0 rings (SSSR count). The Labute approximate surface area is 143 Å². The lowest BCUT2D eigenvalue weighted by Gasteiger charge is -2.02. The SMILES string of the molecule is CCCC/C=C/C=C/C=C\CCCCCCCC(=O)OCCC. The maximum atomic E-state index is 11.3. The van der Waals surface area contributed by atoms with Crippen LogP contribution in [0.15, 0.2) is 36.5 Å². The van der Waals surface area contributed by atoms with Crippen LogP contribution in [0.25, 0.3) is 0 Å². The van der Waals surface area contributed by atoms with E-state index in [2.05, 4.69) is 43.4 Å². The monoisotopic (exact) mass is 320 g/mol. The van der Waals surface area contributed by atoms with Crippen LogP contribution in [0.5, 0.6) is 0 Å². The summed E-state index contributed by atoms with van der Waals surface area (Å²) in [5.74, 6) is -0.0367. The molecule has 0 unspecified atom stereocenters. The zero-order valence-electron chi connectivity index (χ0n) is 15.3. The van der Waals surface area contributed by atoms with Gasteiger partial charge in [0.1, 0.15) is 0 Å². The van der Waals surface area contributed by atoms with Crippen LogP contribution >= 0.6 is 0 Å². The first kappa shape index (κ1) is 21.7. The number of ether oxygens (including phenoxy) is 1. The molecule has 2 nitrogen and oxygen atoms in total. The summed E-state index contributed by atoms with van der Waals surface area (Å²) in [5.41, 5.74) is 0. The molecule has 0 aliphatic heterocycles. The van der Waals surface area contributed by atoms with Crippen molar-refractivity contribution in [2.24, 2.45) is 0 Å². The fraction of sp³-hybridized carbons (Fsp3) is 0.667. The second-order valence-corrected chi connectivity index (χ2v) is 5.91. The van der Waals surface area contributed by atoms with E-state index in [-0.39, 0.29) is 5.97 Å². The van der Waals surface area contributed by atoms with E-state index in [0.29, 0.717) is 13.0 Å². The van der Waals surface area contributed by atoms with Gasteiger partial charge in [-0.1, -0.05) is 82.4 Å². The van der Waals surface area contributed by atoms with Crippen molar-refractivity contribution in [3.05, 3.63) is 36.5 Å². The minimum atomic E-state index is -0.0367. The normalized spacial score (nSPS) is 11.9. The lowest BCUT2D eigenvalue weighted by Crippen LogP contribution is -2.04. The van der Waals surface area contributed by atoms with Crippen LogP contribution in [-0.4, -0.2) is 12.6 Å². The molecule has 0 saturated carbocycles. The predicted octanol–water partition coefficient (Wildman–Crippen LogP) is 6.53. The second kappa shape index (κ2) is 18.7. The lowest BCUT2D eigenvalue weighted by molar-refractivity contribution is -0.143. The summed E-state index contributed by atoms with van der Waals surface area (Å²) < 4.78 is 5.05. The highest BCUT2D eigenvalue weighted by molar-refractivity contribution is 5.69. The Balaban J connectivity index is 3.32. The van der Waals surface area contributed by atoms with Gasteiger partial charge in [-0.05, 0) is 32.1 Å². The summed E-state index contributed by atoms with van der Waals surface area (Å²) >= 11 is 0. The van der Waals surface area contributed by atoms with Crippen LogP contribution in [0.2, 0.25) is 0 Å². The molecule has 0 amide bonds. The van der Waals surface area contributed by atoms with Crippen LogP contribution in [0.4, 0.5) is 0 Å². The van der Waals surface area contributed by atoms with Gasteiger partial charge in [-0.25, -0.2) is 0 Å². The summed E-state index contributed by atoms with van der Waals surface area (Å²) in [6.45, 7) is 4.80. The fourth-order valence-electron chi connectivity index (χ4n) is 2.15. The highest BCUT2D eigenvalue weighted by Crippen LogP contribution is 2.08. The third-order valence-electron chi connectivity index (χ3n) is 3.55. The third-order valence-corrected chi connectivity index (χ3v) is 3.55. The van der Waals surface area contributed by atoms with Crippen LogP contribution in [-0.2, 0) is 9.53 Å². The Morgan fingerprint density at radius 3 is 2.00 bits per heavy atom. The molecule has 0 saturated heterocycles. The van der Waals surface area contributed by atoms with Crippen LogP contribution in [0, 0.1) is 0 Å². The topological polar surface area (TPSA) is 26.3 Å². The number of esters is 1. The van der Waals surface area contributed by atoms with Gasteiger partial charge in [-0.15, -0.1) is 0 Å². The van der Waals surface area contributed by atoms with E-state index in [4.69, 9.17) is 4.74 Å². The fourth-order valence-corrected chi connectivity index (χ4v) is 2.15. The number of carbonyl (C=O) groups is 1. The zero-order chi connectivity index (χ0) is 17.0. The molecule has 0 aliphatic carbocycles. The summed E-state index contributed by atoms with van der Waals surface area (Å²) in [4.78, 5) is 11.3. The Bertz CT molecular complexity index is 340. The summed E-state index contributed by atoms with van der Waals surface area (Å²) in [7, 11) is 0. The zero-order valence-corrected chi connectivity index (χ0v) is 15.3. The second-order valence-electron chi connectivity index (χ2n) is 5.91. The smallest absolute Gasteiger partial charge is 0.305 e. The van der Waals surface area contributed by atoms with E-state index in [1.165, 1.54) is 38.5 Å². The van der Waals surface area contributed by atoms with Crippen molar-refractivity contribution in [1.29, 1.82) is 0 Å². The molecule has 0 aromatic heterocycles. The number of carbonyl (C=O) groups excluding carboxylic acids is 1. The third kappa shape index (κ3) is 18.6. The Hall–Kier alpha value is -1.31. The van der Waals surface area contributed by atoms with Gasteiger partial charge in [-0.2, -0.15) is 0 Å². The van der Waals surface area contributed by atoms with Crippen LogP contribution in [0.1, 0.15) is 84.5 Å². The highest BCUT2D eigenvalue weighted by atomic mass is 16.5. The molecule has 0 atom stereocenters. The number of rotatable bonds is 15. The van der Waals surface area contributed by atoms with E-state index in [9.17, 15) is 4.79 Å². The molecule has 0 radical (unpaired) electrons. The average molecular weight is 321 g/mol. The molecule has 132 valence electrons. The summed E-state index contributed by atoms with van der Waals surface area (Å²) in [6, 6.07) is 0. The first-order chi connectivity index (χ1) is 11.3. The highest BCUT2D eigenvalue weighted by Gasteiger charge is 2.00. The average Bonchev–Trinajstić information content (AvgIpc) is 2.56. The van der Waals surface area contributed by atoms with Gasteiger partial charge in [0.15, 0.2) is 0 Å². The molecule has 0 bridgehead atoms. The number of hydrogen-bond acceptors (Lipinski definition) is 2. The largest absolute Gasteiger partial charge is 0.466 e. The molecule has 0 aromatic carbocycles. The first-order valence-corrected chi connectivity index (χ1v) is 9.45. The minimum absolute atomic E-state index is 0.0367. The molecule has 2 heteroatoms. The molecule has 0 N–H and O–H groups in total. The van der Waals surface area contributed by atoms with Gasteiger partial charge in [0.25, 0.3) is 0 Å². The van der Waals surface area contributed by atoms with Crippen molar-refractivity contribution in [3.8, 4) is 0 Å². The summed E-state index contributed by atoms with van der Waals surface area (Å²) in [6.07, 6.45) is 25.1. The van der Waals surface area contributed by atoms with Crippen molar-refractivity contribution in [3.63, 3.8) is 0 Å². The van der Waals surface area contributed by atoms with Gasteiger partial charge < -0.3 is 4.74 Å². The maximum absolute atomic E-state index is 11.3. The number of allylic oxidation sites excluding steroid dienone is 6. The van der Waals surface area contributed by atoms with Gasteiger partial charge >= 0.3 is 5.97 Å². The Kier molecular flexibility index (Phi) is 17.7. The van der Waals surface area contributed by atoms with E-state index >= 15 is 0 Å². The maximum Gasteiger partial charge on any atom is 0.305 e. The quantitative estimate of drug-likeness (QED) is 0.195. The first-order valence-electron chi connectivity index (χ1n) is 9.45. The molecule has 0 aliphatic rings. The summed E-state index contributed by atoms with van der Waals surface area (Å²) in [5, 5.41) is 0. The van der Waals surface area contributed by atoms with Gasteiger partial charge in [0.05, 0.1) is 6.61 Å².